The van der Waals surface area contributed by atoms with Crippen molar-refractivity contribution in [3.05, 3.63) is 35.9 Å². The van der Waals surface area contributed by atoms with Gasteiger partial charge in [-0.15, -0.1) is 0 Å². The van der Waals surface area contributed by atoms with E-state index in [0.717, 1.165) is 13.0 Å². The maximum atomic E-state index is 12.5. The summed E-state index contributed by atoms with van der Waals surface area (Å²) in [6, 6.07) is 10.7. The van der Waals surface area contributed by atoms with Crippen LogP contribution in [0.3, 0.4) is 0 Å². The van der Waals surface area contributed by atoms with Gasteiger partial charge in [0, 0.05) is 12.6 Å². The Labute approximate surface area is 127 Å². The number of benzene rings is 1. The molecular formula is C17H25N3O. The fourth-order valence-corrected chi connectivity index (χ4v) is 3.39. The van der Waals surface area contributed by atoms with Crippen LogP contribution in [-0.2, 0) is 11.2 Å². The molecule has 4 nitrogen and oxygen atoms in total. The SMILES string of the molecule is CC(CN1CNC(Cc2ccccc2)C1=O)N1CCCC1. The number of nitrogens with one attached hydrogen (secondary N) is 1. The van der Waals surface area contributed by atoms with Crippen LogP contribution in [0.2, 0.25) is 0 Å². The lowest BCUT2D eigenvalue weighted by molar-refractivity contribution is -0.129. The van der Waals surface area contributed by atoms with Gasteiger partial charge in [-0.2, -0.15) is 0 Å². The molecule has 2 fully saturated rings. The third kappa shape index (κ3) is 3.44. The van der Waals surface area contributed by atoms with Crippen molar-refractivity contribution in [3.8, 4) is 0 Å². The predicted molar refractivity (Wildman–Crippen MR) is 83.9 cm³/mol. The third-order valence-electron chi connectivity index (χ3n) is 4.67. The van der Waals surface area contributed by atoms with Crippen LogP contribution < -0.4 is 5.32 Å². The van der Waals surface area contributed by atoms with Crippen molar-refractivity contribution in [1.82, 2.24) is 15.1 Å². The first-order valence-electron chi connectivity index (χ1n) is 8.04. The average Bonchev–Trinajstić information content (AvgIpc) is 3.14. The smallest absolute Gasteiger partial charge is 0.241 e. The number of likely N-dealkylation sites (tertiary alicyclic amines) is 1. The second kappa shape index (κ2) is 6.58. The van der Waals surface area contributed by atoms with Crippen molar-refractivity contribution in [1.29, 1.82) is 0 Å². The zero-order chi connectivity index (χ0) is 14.7. The third-order valence-corrected chi connectivity index (χ3v) is 4.67. The molecule has 0 aliphatic carbocycles. The van der Waals surface area contributed by atoms with Gasteiger partial charge in [0.15, 0.2) is 0 Å². The second-order valence-corrected chi connectivity index (χ2v) is 6.26. The summed E-state index contributed by atoms with van der Waals surface area (Å²) in [6.45, 7) is 6.14. The van der Waals surface area contributed by atoms with Gasteiger partial charge in [0.25, 0.3) is 0 Å². The minimum absolute atomic E-state index is 0.0572. The van der Waals surface area contributed by atoms with Crippen LogP contribution in [0.25, 0.3) is 0 Å². The lowest BCUT2D eigenvalue weighted by Crippen LogP contribution is -2.42. The average molecular weight is 287 g/mol. The lowest BCUT2D eigenvalue weighted by Gasteiger charge is -2.28. The monoisotopic (exact) mass is 287 g/mol. The topological polar surface area (TPSA) is 35.6 Å². The van der Waals surface area contributed by atoms with Crippen molar-refractivity contribution in [2.75, 3.05) is 26.3 Å². The molecule has 2 aliphatic rings. The highest BCUT2D eigenvalue weighted by Gasteiger charge is 2.32. The summed E-state index contributed by atoms with van der Waals surface area (Å²) in [5.41, 5.74) is 1.22. The highest BCUT2D eigenvalue weighted by Crippen LogP contribution is 2.15. The first-order chi connectivity index (χ1) is 10.2. The molecule has 1 aromatic rings. The summed E-state index contributed by atoms with van der Waals surface area (Å²) >= 11 is 0. The van der Waals surface area contributed by atoms with Crippen LogP contribution in [0.5, 0.6) is 0 Å². The summed E-state index contributed by atoms with van der Waals surface area (Å²) in [5.74, 6) is 0.255. The summed E-state index contributed by atoms with van der Waals surface area (Å²) < 4.78 is 0. The fraction of sp³-hybridized carbons (Fsp3) is 0.588. The van der Waals surface area contributed by atoms with E-state index in [2.05, 4.69) is 29.3 Å². The van der Waals surface area contributed by atoms with Gasteiger partial charge in [-0.3, -0.25) is 15.0 Å². The van der Waals surface area contributed by atoms with Crippen molar-refractivity contribution >= 4 is 5.91 Å². The summed E-state index contributed by atoms with van der Waals surface area (Å²) in [5, 5.41) is 3.36. The Kier molecular flexibility index (Phi) is 4.56. The zero-order valence-corrected chi connectivity index (χ0v) is 12.8. The van der Waals surface area contributed by atoms with Gasteiger partial charge in [0.2, 0.25) is 5.91 Å². The molecule has 21 heavy (non-hydrogen) atoms. The van der Waals surface area contributed by atoms with Crippen molar-refractivity contribution in [3.63, 3.8) is 0 Å². The minimum atomic E-state index is -0.0572. The Morgan fingerprint density at radius 2 is 1.95 bits per heavy atom. The predicted octanol–water partition coefficient (Wildman–Crippen LogP) is 1.47. The molecule has 114 valence electrons. The standard InChI is InChI=1S/C17H25N3O/c1-14(19-9-5-6-10-19)12-20-13-18-16(17(20)21)11-15-7-3-2-4-8-15/h2-4,7-8,14,16,18H,5-6,9-13H2,1H3. The maximum absolute atomic E-state index is 12.5. The summed E-state index contributed by atoms with van der Waals surface area (Å²) in [4.78, 5) is 17.0. The Balaban J connectivity index is 1.53. The van der Waals surface area contributed by atoms with Gasteiger partial charge in [0.05, 0.1) is 12.7 Å². The summed E-state index contributed by atoms with van der Waals surface area (Å²) in [6.07, 6.45) is 3.38. The van der Waals surface area contributed by atoms with E-state index in [1.807, 2.05) is 23.1 Å². The van der Waals surface area contributed by atoms with E-state index in [0.29, 0.717) is 12.7 Å². The van der Waals surface area contributed by atoms with Crippen LogP contribution in [0.4, 0.5) is 0 Å². The molecule has 0 saturated carbocycles. The molecule has 2 unspecified atom stereocenters. The highest BCUT2D eigenvalue weighted by molar-refractivity contribution is 5.84. The number of carbonyl (C=O) groups is 1. The Bertz CT molecular complexity index is 470. The highest BCUT2D eigenvalue weighted by atomic mass is 16.2. The van der Waals surface area contributed by atoms with Gasteiger partial charge < -0.3 is 4.90 Å². The van der Waals surface area contributed by atoms with Gasteiger partial charge >= 0.3 is 0 Å². The minimum Gasteiger partial charge on any atom is -0.327 e. The van der Waals surface area contributed by atoms with Gasteiger partial charge in [-0.1, -0.05) is 30.3 Å². The van der Waals surface area contributed by atoms with Crippen LogP contribution in [0, 0.1) is 0 Å². The first kappa shape index (κ1) is 14.5. The number of carbonyl (C=O) groups excluding carboxylic acids is 1. The van der Waals surface area contributed by atoms with Crippen LogP contribution in [-0.4, -0.2) is 54.1 Å². The molecule has 1 N–H and O–H groups in total. The maximum Gasteiger partial charge on any atom is 0.241 e. The number of hydrogen-bond donors (Lipinski definition) is 1. The number of nitrogens with zero attached hydrogens (tertiary/aromatic N) is 2. The molecule has 4 heteroatoms. The van der Waals surface area contributed by atoms with Crippen LogP contribution in [0.1, 0.15) is 25.3 Å². The van der Waals surface area contributed by atoms with E-state index in [4.69, 9.17) is 0 Å². The number of hydrogen-bond acceptors (Lipinski definition) is 3. The molecule has 2 aliphatic heterocycles. The largest absolute Gasteiger partial charge is 0.327 e. The Morgan fingerprint density at radius 1 is 1.24 bits per heavy atom. The molecule has 0 radical (unpaired) electrons. The van der Waals surface area contributed by atoms with E-state index < -0.39 is 0 Å². The van der Waals surface area contributed by atoms with Crippen LogP contribution in [0.15, 0.2) is 30.3 Å². The number of amides is 1. The van der Waals surface area contributed by atoms with Gasteiger partial charge in [-0.05, 0) is 44.8 Å². The van der Waals surface area contributed by atoms with Crippen molar-refractivity contribution in [2.24, 2.45) is 0 Å². The quantitative estimate of drug-likeness (QED) is 0.891. The molecule has 3 rings (SSSR count). The summed E-state index contributed by atoms with van der Waals surface area (Å²) in [7, 11) is 0. The molecule has 0 spiro atoms. The second-order valence-electron chi connectivity index (χ2n) is 6.26. The van der Waals surface area contributed by atoms with Crippen molar-refractivity contribution < 1.29 is 4.79 Å². The van der Waals surface area contributed by atoms with Gasteiger partial charge in [0.1, 0.15) is 0 Å². The van der Waals surface area contributed by atoms with E-state index in [1.165, 1.54) is 31.5 Å². The molecule has 2 atom stereocenters. The van der Waals surface area contributed by atoms with E-state index in [1.54, 1.807) is 0 Å². The van der Waals surface area contributed by atoms with E-state index in [9.17, 15) is 4.79 Å². The number of rotatable bonds is 5. The molecule has 0 bridgehead atoms. The molecule has 1 amide bonds. The van der Waals surface area contributed by atoms with E-state index >= 15 is 0 Å². The molecule has 2 saturated heterocycles. The molecule has 1 aromatic carbocycles. The lowest BCUT2D eigenvalue weighted by atomic mass is 10.1. The molecule has 2 heterocycles. The normalized spacial score (nSPS) is 24.7. The first-order valence-corrected chi connectivity index (χ1v) is 8.04. The van der Waals surface area contributed by atoms with Gasteiger partial charge in [-0.25, -0.2) is 0 Å². The van der Waals surface area contributed by atoms with Crippen molar-refractivity contribution in [2.45, 2.75) is 38.3 Å². The Morgan fingerprint density at radius 3 is 2.67 bits per heavy atom. The van der Waals surface area contributed by atoms with E-state index in [-0.39, 0.29) is 11.9 Å². The zero-order valence-electron chi connectivity index (χ0n) is 12.8. The molecular weight excluding hydrogens is 262 g/mol. The molecule has 0 aromatic heterocycles. The Hall–Kier alpha value is -1.39. The fourth-order valence-electron chi connectivity index (χ4n) is 3.39. The van der Waals surface area contributed by atoms with Crippen LogP contribution >= 0.6 is 0 Å².